The summed E-state index contributed by atoms with van der Waals surface area (Å²) in [4.78, 5) is 20.0. The molecule has 0 radical (unpaired) electrons. The van der Waals surface area contributed by atoms with E-state index in [0.717, 1.165) is 24.4 Å². The zero-order valence-electron chi connectivity index (χ0n) is 18.1. The third-order valence-corrected chi connectivity index (χ3v) is 6.96. The first-order valence-electron chi connectivity index (χ1n) is 12.0. The Balaban J connectivity index is 1.48. The van der Waals surface area contributed by atoms with Crippen LogP contribution in [0.25, 0.3) is 11.0 Å². The predicted octanol–water partition coefficient (Wildman–Crippen LogP) is 6.05. The number of para-hydroxylation sites is 2. The molecule has 1 aromatic heterocycles. The molecule has 1 saturated carbocycles. The number of aryl methyl sites for hydroxylation is 1. The van der Waals surface area contributed by atoms with Gasteiger partial charge in [0.15, 0.2) is 0 Å². The Bertz CT molecular complexity index is 806. The Kier molecular flexibility index (Phi) is 6.89. The van der Waals surface area contributed by atoms with E-state index in [4.69, 9.17) is 4.98 Å². The van der Waals surface area contributed by atoms with E-state index in [1.807, 2.05) is 0 Å². The summed E-state index contributed by atoms with van der Waals surface area (Å²) in [6.45, 7) is 4.16. The largest absolute Gasteiger partial charge is 0.339 e. The molecule has 0 bridgehead atoms. The number of nitrogens with zero attached hydrogens (tertiary/aromatic N) is 3. The molecule has 4 heteroatoms. The number of imidazole rings is 1. The number of likely N-dealkylation sites (tertiary alicyclic amines) is 1. The van der Waals surface area contributed by atoms with E-state index in [-0.39, 0.29) is 5.92 Å². The van der Waals surface area contributed by atoms with Crippen molar-refractivity contribution < 1.29 is 4.79 Å². The monoisotopic (exact) mass is 395 g/mol. The van der Waals surface area contributed by atoms with Gasteiger partial charge in [0, 0.05) is 31.5 Å². The Morgan fingerprint density at radius 2 is 1.76 bits per heavy atom. The van der Waals surface area contributed by atoms with Crippen molar-refractivity contribution in [2.45, 2.75) is 102 Å². The number of amides is 1. The zero-order chi connectivity index (χ0) is 20.1. The van der Waals surface area contributed by atoms with Gasteiger partial charge in [-0.05, 0) is 31.4 Å². The minimum Gasteiger partial charge on any atom is -0.339 e. The molecule has 1 saturated heterocycles. The molecular formula is C25H37N3O. The molecule has 2 aliphatic rings. The minimum absolute atomic E-state index is 0.247. The Labute approximate surface area is 175 Å². The first-order chi connectivity index (χ1) is 14.3. The van der Waals surface area contributed by atoms with Crippen LogP contribution in [0.1, 0.15) is 95.7 Å². The van der Waals surface area contributed by atoms with Crippen LogP contribution in [0.2, 0.25) is 0 Å². The zero-order valence-corrected chi connectivity index (χ0v) is 18.1. The van der Waals surface area contributed by atoms with Gasteiger partial charge in [0.05, 0.1) is 11.0 Å². The van der Waals surface area contributed by atoms with Crippen molar-refractivity contribution in [3.05, 3.63) is 30.1 Å². The summed E-state index contributed by atoms with van der Waals surface area (Å²) in [5.74, 6) is 1.74. The average Bonchev–Trinajstić information content (AvgIpc) is 3.32. The van der Waals surface area contributed by atoms with E-state index in [1.165, 1.54) is 76.1 Å². The Morgan fingerprint density at radius 3 is 2.59 bits per heavy atom. The lowest BCUT2D eigenvalue weighted by molar-refractivity contribution is -0.130. The second-order valence-electron chi connectivity index (χ2n) is 9.12. The fraction of sp³-hybridized carbons (Fsp3) is 0.680. The van der Waals surface area contributed by atoms with Gasteiger partial charge in [-0.15, -0.1) is 0 Å². The van der Waals surface area contributed by atoms with Gasteiger partial charge in [0.25, 0.3) is 0 Å². The molecule has 1 atom stereocenters. The van der Waals surface area contributed by atoms with Gasteiger partial charge in [0.2, 0.25) is 5.91 Å². The molecule has 29 heavy (non-hydrogen) atoms. The number of benzene rings is 1. The molecule has 4 rings (SSSR count). The first kappa shape index (κ1) is 20.4. The molecule has 1 amide bonds. The van der Waals surface area contributed by atoms with Gasteiger partial charge < -0.3 is 9.47 Å². The van der Waals surface area contributed by atoms with Crippen molar-refractivity contribution in [1.82, 2.24) is 14.5 Å². The van der Waals surface area contributed by atoms with E-state index in [1.54, 1.807) is 0 Å². The van der Waals surface area contributed by atoms with Crippen LogP contribution in [0.3, 0.4) is 0 Å². The lowest BCUT2D eigenvalue weighted by Gasteiger charge is -2.31. The Hall–Kier alpha value is -1.84. The molecule has 1 aliphatic heterocycles. The van der Waals surface area contributed by atoms with E-state index in [0.29, 0.717) is 18.4 Å². The highest BCUT2D eigenvalue weighted by atomic mass is 16.2. The van der Waals surface area contributed by atoms with Gasteiger partial charge in [-0.2, -0.15) is 0 Å². The van der Waals surface area contributed by atoms with Crippen molar-refractivity contribution in [2.75, 3.05) is 6.54 Å². The van der Waals surface area contributed by atoms with Crippen molar-refractivity contribution in [3.63, 3.8) is 0 Å². The second-order valence-corrected chi connectivity index (χ2v) is 9.12. The summed E-state index contributed by atoms with van der Waals surface area (Å²) in [6, 6.07) is 8.96. The predicted molar refractivity (Wildman–Crippen MR) is 119 cm³/mol. The number of hydrogen-bond donors (Lipinski definition) is 0. The first-order valence-corrected chi connectivity index (χ1v) is 12.0. The Morgan fingerprint density at radius 1 is 1.00 bits per heavy atom. The number of carbonyl (C=O) groups excluding carboxylic acids is 1. The molecule has 1 aromatic carbocycles. The maximum absolute atomic E-state index is 12.8. The smallest absolute Gasteiger partial charge is 0.223 e. The normalized spacial score (nSPS) is 20.8. The maximum atomic E-state index is 12.8. The molecule has 0 N–H and O–H groups in total. The lowest BCUT2D eigenvalue weighted by atomic mass is 9.94. The summed E-state index contributed by atoms with van der Waals surface area (Å²) < 4.78 is 2.43. The van der Waals surface area contributed by atoms with Crippen molar-refractivity contribution in [1.29, 1.82) is 0 Å². The topological polar surface area (TPSA) is 38.1 Å². The number of aromatic nitrogens is 2. The standard InChI is InChI=1S/C25H37N3O/c1-2-3-4-5-6-12-17-27-23-16-11-10-15-22(23)26-25(27)20-18-24(29)28(19-20)21-13-8-7-9-14-21/h10-11,15-16,20-21H,2-9,12-14,17-19H2,1H3. The molecule has 2 heterocycles. The molecule has 158 valence electrons. The van der Waals surface area contributed by atoms with Crippen LogP contribution in [0.5, 0.6) is 0 Å². The number of hydrogen-bond acceptors (Lipinski definition) is 2. The third-order valence-electron chi connectivity index (χ3n) is 6.96. The van der Waals surface area contributed by atoms with Gasteiger partial charge in [0.1, 0.15) is 5.82 Å². The van der Waals surface area contributed by atoms with Crippen LogP contribution in [0.15, 0.2) is 24.3 Å². The SMILES string of the molecule is CCCCCCCCn1c(C2CC(=O)N(C3CCCCC3)C2)nc2ccccc21. The molecule has 1 aliphatic carbocycles. The van der Waals surface area contributed by atoms with Crippen LogP contribution in [-0.4, -0.2) is 32.9 Å². The lowest BCUT2D eigenvalue weighted by Crippen LogP contribution is -2.37. The maximum Gasteiger partial charge on any atom is 0.223 e. The van der Waals surface area contributed by atoms with Gasteiger partial charge in [-0.1, -0.05) is 70.4 Å². The second kappa shape index (κ2) is 9.77. The summed E-state index contributed by atoms with van der Waals surface area (Å²) in [5.41, 5.74) is 2.32. The average molecular weight is 396 g/mol. The van der Waals surface area contributed by atoms with Crippen LogP contribution < -0.4 is 0 Å². The fourth-order valence-electron chi connectivity index (χ4n) is 5.34. The van der Waals surface area contributed by atoms with Crippen LogP contribution in [-0.2, 0) is 11.3 Å². The number of carbonyl (C=O) groups is 1. The molecule has 4 nitrogen and oxygen atoms in total. The highest BCUT2D eigenvalue weighted by molar-refractivity contribution is 5.81. The van der Waals surface area contributed by atoms with E-state index in [2.05, 4.69) is 40.7 Å². The van der Waals surface area contributed by atoms with Gasteiger partial charge in [-0.25, -0.2) is 4.98 Å². The quantitative estimate of drug-likeness (QED) is 0.485. The highest BCUT2D eigenvalue weighted by Crippen LogP contribution is 2.34. The van der Waals surface area contributed by atoms with E-state index >= 15 is 0 Å². The summed E-state index contributed by atoms with van der Waals surface area (Å²) >= 11 is 0. The third kappa shape index (κ3) is 4.67. The van der Waals surface area contributed by atoms with Crippen molar-refractivity contribution in [2.24, 2.45) is 0 Å². The number of fused-ring (bicyclic) bond motifs is 1. The van der Waals surface area contributed by atoms with Crippen molar-refractivity contribution >= 4 is 16.9 Å². The summed E-state index contributed by atoms with van der Waals surface area (Å²) in [7, 11) is 0. The molecule has 1 unspecified atom stereocenters. The number of unbranched alkanes of at least 4 members (excludes halogenated alkanes) is 5. The van der Waals surface area contributed by atoms with E-state index < -0.39 is 0 Å². The van der Waals surface area contributed by atoms with Crippen molar-refractivity contribution in [3.8, 4) is 0 Å². The summed E-state index contributed by atoms with van der Waals surface area (Å²) in [5, 5.41) is 0. The van der Waals surface area contributed by atoms with Gasteiger partial charge in [-0.3, -0.25) is 4.79 Å². The molecule has 2 fully saturated rings. The van der Waals surface area contributed by atoms with Gasteiger partial charge >= 0.3 is 0 Å². The summed E-state index contributed by atoms with van der Waals surface area (Å²) in [6.07, 6.45) is 14.7. The van der Waals surface area contributed by atoms with E-state index in [9.17, 15) is 4.79 Å². The molecular weight excluding hydrogens is 358 g/mol. The number of rotatable bonds is 9. The highest BCUT2D eigenvalue weighted by Gasteiger charge is 2.37. The molecule has 2 aromatic rings. The minimum atomic E-state index is 0.247. The van der Waals surface area contributed by atoms with Crippen LogP contribution in [0.4, 0.5) is 0 Å². The molecule has 0 spiro atoms. The van der Waals surface area contributed by atoms with Crippen LogP contribution >= 0.6 is 0 Å². The van der Waals surface area contributed by atoms with Crippen LogP contribution in [0, 0.1) is 0 Å². The fourth-order valence-corrected chi connectivity index (χ4v) is 5.34.